The van der Waals surface area contributed by atoms with Gasteiger partial charge in [0.05, 0.1) is 6.20 Å². The number of anilines is 1. The Balaban J connectivity index is 2.55. The predicted octanol–water partition coefficient (Wildman–Crippen LogP) is 2.29. The lowest BCUT2D eigenvalue weighted by Gasteiger charge is -2.07. The molecule has 0 radical (unpaired) electrons. The zero-order chi connectivity index (χ0) is 11.0. The van der Waals surface area contributed by atoms with E-state index in [1.165, 1.54) is 5.56 Å². The molecule has 0 bridgehead atoms. The Labute approximate surface area is 89.5 Å². The number of aromatic nitrogens is 2. The predicted molar refractivity (Wildman–Crippen MR) is 62.5 cm³/mol. The third kappa shape index (κ3) is 1.73. The van der Waals surface area contributed by atoms with Gasteiger partial charge in [0.25, 0.3) is 0 Å². The van der Waals surface area contributed by atoms with Gasteiger partial charge in [-0.15, -0.1) is 0 Å². The van der Waals surface area contributed by atoms with E-state index in [2.05, 4.69) is 18.1 Å². The lowest BCUT2D eigenvalue weighted by atomic mass is 10.0. The molecule has 0 atom stereocenters. The highest BCUT2D eigenvalue weighted by atomic mass is 15.2. The fourth-order valence-electron chi connectivity index (χ4n) is 1.62. The van der Waals surface area contributed by atoms with Crippen LogP contribution >= 0.6 is 0 Å². The van der Waals surface area contributed by atoms with E-state index in [0.717, 1.165) is 22.4 Å². The normalized spacial score (nSPS) is 10.6. The standard InChI is InChI=1S/C12H15N3/c1-8-4-10(5-12(13)9(8)2)11-6-14-15(3)7-11/h4-7H,13H2,1-3H3. The number of nitrogens with zero attached hydrogens (tertiary/aromatic N) is 2. The van der Waals surface area contributed by atoms with Crippen LogP contribution in [0.5, 0.6) is 0 Å². The lowest BCUT2D eigenvalue weighted by molar-refractivity contribution is 0.768. The lowest BCUT2D eigenvalue weighted by Crippen LogP contribution is -1.93. The molecule has 0 saturated heterocycles. The molecule has 0 fully saturated rings. The smallest absolute Gasteiger partial charge is 0.0568 e. The third-order valence-corrected chi connectivity index (χ3v) is 2.75. The summed E-state index contributed by atoms with van der Waals surface area (Å²) in [5, 5.41) is 4.15. The van der Waals surface area contributed by atoms with E-state index in [1.54, 1.807) is 4.68 Å². The second-order valence-corrected chi connectivity index (χ2v) is 3.91. The second kappa shape index (κ2) is 3.42. The number of hydrogen-bond acceptors (Lipinski definition) is 2. The average Bonchev–Trinajstić information content (AvgIpc) is 2.60. The van der Waals surface area contributed by atoms with Crippen molar-refractivity contribution in [3.05, 3.63) is 35.7 Å². The largest absolute Gasteiger partial charge is 0.398 e. The summed E-state index contributed by atoms with van der Waals surface area (Å²) in [7, 11) is 1.91. The van der Waals surface area contributed by atoms with Gasteiger partial charge >= 0.3 is 0 Å². The van der Waals surface area contributed by atoms with Crippen LogP contribution in [0.25, 0.3) is 11.1 Å². The molecule has 0 saturated carbocycles. The Morgan fingerprint density at radius 1 is 1.20 bits per heavy atom. The Morgan fingerprint density at radius 2 is 1.93 bits per heavy atom. The van der Waals surface area contributed by atoms with E-state index in [9.17, 15) is 0 Å². The van der Waals surface area contributed by atoms with Gasteiger partial charge in [0.1, 0.15) is 0 Å². The Hall–Kier alpha value is -1.77. The minimum atomic E-state index is 0.842. The van der Waals surface area contributed by atoms with Crippen molar-refractivity contribution in [2.24, 2.45) is 7.05 Å². The zero-order valence-corrected chi connectivity index (χ0v) is 9.28. The van der Waals surface area contributed by atoms with Gasteiger partial charge in [0.2, 0.25) is 0 Å². The minimum Gasteiger partial charge on any atom is -0.398 e. The van der Waals surface area contributed by atoms with Crippen LogP contribution in [0.3, 0.4) is 0 Å². The van der Waals surface area contributed by atoms with E-state index < -0.39 is 0 Å². The number of benzene rings is 1. The van der Waals surface area contributed by atoms with Crippen molar-refractivity contribution in [3.8, 4) is 11.1 Å². The van der Waals surface area contributed by atoms with Crippen LogP contribution in [0.2, 0.25) is 0 Å². The van der Waals surface area contributed by atoms with Gasteiger partial charge in [-0.25, -0.2) is 0 Å². The van der Waals surface area contributed by atoms with Crippen molar-refractivity contribution >= 4 is 5.69 Å². The SMILES string of the molecule is Cc1cc(-c2cnn(C)c2)cc(N)c1C. The molecule has 3 heteroatoms. The topological polar surface area (TPSA) is 43.8 Å². The molecule has 0 aliphatic heterocycles. The second-order valence-electron chi connectivity index (χ2n) is 3.91. The summed E-state index contributed by atoms with van der Waals surface area (Å²) in [6.07, 6.45) is 3.84. The van der Waals surface area contributed by atoms with Crippen molar-refractivity contribution in [3.63, 3.8) is 0 Å². The van der Waals surface area contributed by atoms with E-state index >= 15 is 0 Å². The van der Waals surface area contributed by atoms with Crippen LogP contribution < -0.4 is 5.73 Å². The summed E-state index contributed by atoms with van der Waals surface area (Å²) in [6, 6.07) is 4.14. The quantitative estimate of drug-likeness (QED) is 0.719. The van der Waals surface area contributed by atoms with Crippen molar-refractivity contribution in [1.29, 1.82) is 0 Å². The first-order valence-corrected chi connectivity index (χ1v) is 4.93. The fourth-order valence-corrected chi connectivity index (χ4v) is 1.62. The number of aryl methyl sites for hydroxylation is 2. The van der Waals surface area contributed by atoms with Crippen molar-refractivity contribution in [2.75, 3.05) is 5.73 Å². The Kier molecular flexibility index (Phi) is 2.23. The van der Waals surface area contributed by atoms with E-state index in [0.29, 0.717) is 0 Å². The molecule has 1 heterocycles. The van der Waals surface area contributed by atoms with Gasteiger partial charge in [-0.3, -0.25) is 4.68 Å². The monoisotopic (exact) mass is 201 g/mol. The maximum atomic E-state index is 5.94. The van der Waals surface area contributed by atoms with Crippen molar-refractivity contribution in [1.82, 2.24) is 9.78 Å². The zero-order valence-electron chi connectivity index (χ0n) is 9.28. The molecule has 0 amide bonds. The van der Waals surface area contributed by atoms with Crippen LogP contribution in [0.4, 0.5) is 5.69 Å². The van der Waals surface area contributed by atoms with Gasteiger partial charge < -0.3 is 5.73 Å². The highest BCUT2D eigenvalue weighted by Crippen LogP contribution is 2.25. The molecule has 0 unspecified atom stereocenters. The fraction of sp³-hybridized carbons (Fsp3) is 0.250. The highest BCUT2D eigenvalue weighted by Gasteiger charge is 2.04. The summed E-state index contributed by atoms with van der Waals surface area (Å²) < 4.78 is 1.79. The number of nitrogen functional groups attached to an aromatic ring is 1. The number of nitrogens with two attached hydrogens (primary N) is 1. The number of hydrogen-bond donors (Lipinski definition) is 1. The van der Waals surface area contributed by atoms with Crippen LogP contribution in [-0.4, -0.2) is 9.78 Å². The third-order valence-electron chi connectivity index (χ3n) is 2.75. The van der Waals surface area contributed by atoms with Gasteiger partial charge in [0.15, 0.2) is 0 Å². The first-order chi connectivity index (χ1) is 7.08. The summed E-state index contributed by atoms with van der Waals surface area (Å²) in [4.78, 5) is 0. The summed E-state index contributed by atoms with van der Waals surface area (Å²) >= 11 is 0. The molecule has 15 heavy (non-hydrogen) atoms. The molecule has 78 valence electrons. The van der Waals surface area contributed by atoms with E-state index in [-0.39, 0.29) is 0 Å². The summed E-state index contributed by atoms with van der Waals surface area (Å²) in [5.74, 6) is 0. The van der Waals surface area contributed by atoms with Crippen LogP contribution in [0, 0.1) is 13.8 Å². The molecule has 1 aromatic heterocycles. The minimum absolute atomic E-state index is 0.842. The van der Waals surface area contributed by atoms with Crippen LogP contribution in [0.1, 0.15) is 11.1 Å². The van der Waals surface area contributed by atoms with E-state index in [1.807, 2.05) is 32.4 Å². The maximum Gasteiger partial charge on any atom is 0.0568 e. The summed E-state index contributed by atoms with van der Waals surface area (Å²) in [5.41, 5.74) is 11.4. The maximum absolute atomic E-state index is 5.94. The molecule has 0 aliphatic carbocycles. The van der Waals surface area contributed by atoms with E-state index in [4.69, 9.17) is 5.73 Å². The summed E-state index contributed by atoms with van der Waals surface area (Å²) in [6.45, 7) is 4.11. The average molecular weight is 201 g/mol. The Morgan fingerprint density at radius 3 is 2.47 bits per heavy atom. The number of rotatable bonds is 1. The molecule has 3 nitrogen and oxygen atoms in total. The van der Waals surface area contributed by atoms with Crippen molar-refractivity contribution < 1.29 is 0 Å². The van der Waals surface area contributed by atoms with Gasteiger partial charge in [-0.1, -0.05) is 6.07 Å². The molecule has 2 aromatic rings. The molecule has 1 aromatic carbocycles. The molecule has 0 spiro atoms. The first kappa shape index (κ1) is 9.77. The molecule has 2 rings (SSSR count). The molecular weight excluding hydrogens is 186 g/mol. The van der Waals surface area contributed by atoms with Crippen molar-refractivity contribution in [2.45, 2.75) is 13.8 Å². The van der Waals surface area contributed by atoms with Crippen LogP contribution in [0.15, 0.2) is 24.5 Å². The van der Waals surface area contributed by atoms with Gasteiger partial charge in [0, 0.05) is 24.5 Å². The molecule has 2 N–H and O–H groups in total. The molecular formula is C12H15N3. The highest BCUT2D eigenvalue weighted by molar-refractivity contribution is 5.69. The first-order valence-electron chi connectivity index (χ1n) is 4.93. The van der Waals surface area contributed by atoms with Gasteiger partial charge in [-0.05, 0) is 36.6 Å². The van der Waals surface area contributed by atoms with Gasteiger partial charge in [-0.2, -0.15) is 5.10 Å². The molecule has 0 aliphatic rings. The van der Waals surface area contributed by atoms with Crippen LogP contribution in [-0.2, 0) is 7.05 Å². The Bertz CT molecular complexity index is 474.